The fourth-order valence-corrected chi connectivity index (χ4v) is 3.85. The van der Waals surface area contributed by atoms with Crippen molar-refractivity contribution in [1.82, 2.24) is 5.32 Å². The van der Waals surface area contributed by atoms with Gasteiger partial charge in [-0.2, -0.15) is 0 Å². The van der Waals surface area contributed by atoms with Crippen molar-refractivity contribution < 1.29 is 18.0 Å². The summed E-state index contributed by atoms with van der Waals surface area (Å²) in [6.45, 7) is 0.635. The molecule has 2 aromatic rings. The first kappa shape index (κ1) is 17.9. The van der Waals surface area contributed by atoms with E-state index >= 15 is 0 Å². The standard InChI is InChI=1S/C18H19N3O4S/c1-19-18(23)13-7-9-16(10-8-13)26(24,25)20-14-4-2-5-15(12-14)21-11-3-6-17(21)22/h2,4-5,7-10,12,20H,3,6,11H2,1H3,(H,19,23). The lowest BCUT2D eigenvalue weighted by Crippen LogP contribution is -2.23. The Bertz CT molecular complexity index is 939. The molecule has 8 heteroatoms. The summed E-state index contributed by atoms with van der Waals surface area (Å²) in [7, 11) is -2.29. The minimum atomic E-state index is -3.80. The van der Waals surface area contributed by atoms with Crippen LogP contribution in [0.3, 0.4) is 0 Å². The number of benzene rings is 2. The molecule has 0 bridgehead atoms. The highest BCUT2D eigenvalue weighted by Gasteiger charge is 2.22. The summed E-state index contributed by atoms with van der Waals surface area (Å²) in [4.78, 5) is 25.1. The number of sulfonamides is 1. The van der Waals surface area contributed by atoms with Crippen molar-refractivity contribution in [2.45, 2.75) is 17.7 Å². The molecule has 1 aliphatic rings. The van der Waals surface area contributed by atoms with Gasteiger partial charge in [-0.15, -0.1) is 0 Å². The molecule has 0 aliphatic carbocycles. The molecular weight excluding hydrogens is 354 g/mol. The molecule has 0 aromatic heterocycles. The molecule has 26 heavy (non-hydrogen) atoms. The summed E-state index contributed by atoms with van der Waals surface area (Å²) in [6.07, 6.45) is 1.31. The Kier molecular flexibility index (Phi) is 4.94. The maximum atomic E-state index is 12.6. The van der Waals surface area contributed by atoms with Crippen LogP contribution in [0.15, 0.2) is 53.4 Å². The molecule has 2 amide bonds. The smallest absolute Gasteiger partial charge is 0.261 e. The van der Waals surface area contributed by atoms with Gasteiger partial charge in [-0.1, -0.05) is 6.07 Å². The number of anilines is 2. The first-order chi connectivity index (χ1) is 12.4. The second-order valence-electron chi connectivity index (χ2n) is 5.91. The number of rotatable bonds is 5. The Morgan fingerprint density at radius 3 is 2.46 bits per heavy atom. The summed E-state index contributed by atoms with van der Waals surface area (Å²) in [6, 6.07) is 12.4. The van der Waals surface area contributed by atoms with Gasteiger partial charge >= 0.3 is 0 Å². The van der Waals surface area contributed by atoms with E-state index < -0.39 is 10.0 Å². The predicted octanol–water partition coefficient (Wildman–Crippen LogP) is 1.97. The molecule has 136 valence electrons. The number of hydrogen-bond acceptors (Lipinski definition) is 4. The third kappa shape index (κ3) is 3.70. The average molecular weight is 373 g/mol. The second-order valence-corrected chi connectivity index (χ2v) is 7.59. The number of carbonyl (C=O) groups excluding carboxylic acids is 2. The van der Waals surface area contributed by atoms with Gasteiger partial charge in [0.25, 0.3) is 15.9 Å². The largest absolute Gasteiger partial charge is 0.355 e. The molecule has 3 rings (SSSR count). The monoisotopic (exact) mass is 373 g/mol. The van der Waals surface area contributed by atoms with Crippen LogP contribution in [0.25, 0.3) is 0 Å². The highest BCUT2D eigenvalue weighted by molar-refractivity contribution is 7.92. The average Bonchev–Trinajstić information content (AvgIpc) is 3.07. The Morgan fingerprint density at radius 2 is 1.85 bits per heavy atom. The Balaban J connectivity index is 1.81. The quantitative estimate of drug-likeness (QED) is 0.838. The Morgan fingerprint density at radius 1 is 1.12 bits per heavy atom. The first-order valence-electron chi connectivity index (χ1n) is 8.16. The normalized spacial score (nSPS) is 14.3. The van der Waals surface area contributed by atoms with Crippen LogP contribution in [0.2, 0.25) is 0 Å². The molecule has 7 nitrogen and oxygen atoms in total. The summed E-state index contributed by atoms with van der Waals surface area (Å²) in [5.41, 5.74) is 1.42. The van der Waals surface area contributed by atoms with Gasteiger partial charge < -0.3 is 10.2 Å². The molecule has 1 fully saturated rings. The van der Waals surface area contributed by atoms with E-state index in [0.717, 1.165) is 6.42 Å². The zero-order valence-electron chi connectivity index (χ0n) is 14.2. The van der Waals surface area contributed by atoms with Crippen molar-refractivity contribution in [3.63, 3.8) is 0 Å². The Hall–Kier alpha value is -2.87. The van der Waals surface area contributed by atoms with E-state index in [0.29, 0.717) is 29.9 Å². The second kappa shape index (κ2) is 7.17. The first-order valence-corrected chi connectivity index (χ1v) is 9.64. The van der Waals surface area contributed by atoms with Crippen molar-refractivity contribution in [3.8, 4) is 0 Å². The third-order valence-corrected chi connectivity index (χ3v) is 5.53. The predicted molar refractivity (Wildman–Crippen MR) is 98.7 cm³/mol. The van der Waals surface area contributed by atoms with Gasteiger partial charge in [0.1, 0.15) is 0 Å². The van der Waals surface area contributed by atoms with E-state index in [1.807, 2.05) is 0 Å². The molecule has 0 spiro atoms. The van der Waals surface area contributed by atoms with E-state index in [-0.39, 0.29) is 16.7 Å². The van der Waals surface area contributed by atoms with Gasteiger partial charge in [-0.05, 0) is 48.9 Å². The van der Waals surface area contributed by atoms with Gasteiger partial charge in [0, 0.05) is 31.3 Å². The zero-order valence-corrected chi connectivity index (χ0v) is 15.0. The van der Waals surface area contributed by atoms with Crippen LogP contribution < -0.4 is 14.9 Å². The van der Waals surface area contributed by atoms with Crippen LogP contribution in [0.4, 0.5) is 11.4 Å². The van der Waals surface area contributed by atoms with Crippen molar-refractivity contribution in [3.05, 3.63) is 54.1 Å². The van der Waals surface area contributed by atoms with Gasteiger partial charge in [0.2, 0.25) is 5.91 Å². The topological polar surface area (TPSA) is 95.6 Å². The van der Waals surface area contributed by atoms with Crippen LogP contribution in [0.5, 0.6) is 0 Å². The SMILES string of the molecule is CNC(=O)c1ccc(S(=O)(=O)Nc2cccc(N3CCCC3=O)c2)cc1. The van der Waals surface area contributed by atoms with Crippen molar-refractivity contribution in [1.29, 1.82) is 0 Å². The molecule has 0 atom stereocenters. The molecule has 0 unspecified atom stereocenters. The van der Waals surface area contributed by atoms with Gasteiger partial charge in [0.15, 0.2) is 0 Å². The number of nitrogens with one attached hydrogen (secondary N) is 2. The van der Waals surface area contributed by atoms with Gasteiger partial charge in [-0.25, -0.2) is 8.42 Å². The highest BCUT2D eigenvalue weighted by atomic mass is 32.2. The number of nitrogens with zero attached hydrogens (tertiary/aromatic N) is 1. The van der Waals surface area contributed by atoms with E-state index in [1.54, 1.807) is 29.2 Å². The van der Waals surface area contributed by atoms with Crippen LogP contribution in [0.1, 0.15) is 23.2 Å². The zero-order chi connectivity index (χ0) is 18.7. The van der Waals surface area contributed by atoms with E-state index in [1.165, 1.54) is 31.3 Å². The number of hydrogen-bond donors (Lipinski definition) is 2. The summed E-state index contributed by atoms with van der Waals surface area (Å²) < 4.78 is 27.6. The molecular formula is C18H19N3O4S. The minimum absolute atomic E-state index is 0.0368. The van der Waals surface area contributed by atoms with Crippen LogP contribution in [-0.4, -0.2) is 33.8 Å². The molecule has 1 heterocycles. The van der Waals surface area contributed by atoms with E-state index in [4.69, 9.17) is 0 Å². The highest BCUT2D eigenvalue weighted by Crippen LogP contribution is 2.25. The molecule has 0 radical (unpaired) electrons. The van der Waals surface area contributed by atoms with Crippen LogP contribution in [0, 0.1) is 0 Å². The van der Waals surface area contributed by atoms with E-state index in [9.17, 15) is 18.0 Å². The molecule has 2 N–H and O–H groups in total. The van der Waals surface area contributed by atoms with Crippen LogP contribution >= 0.6 is 0 Å². The lowest BCUT2D eigenvalue weighted by Gasteiger charge is -2.17. The van der Waals surface area contributed by atoms with E-state index in [2.05, 4.69) is 10.0 Å². The van der Waals surface area contributed by atoms with Crippen molar-refractivity contribution in [2.75, 3.05) is 23.2 Å². The van der Waals surface area contributed by atoms with Crippen molar-refractivity contribution >= 4 is 33.2 Å². The molecule has 2 aromatic carbocycles. The third-order valence-electron chi connectivity index (χ3n) is 4.14. The van der Waals surface area contributed by atoms with Gasteiger partial charge in [0.05, 0.1) is 10.6 Å². The fourth-order valence-electron chi connectivity index (χ4n) is 2.80. The molecule has 1 saturated heterocycles. The fraction of sp³-hybridized carbons (Fsp3) is 0.222. The lowest BCUT2D eigenvalue weighted by atomic mass is 10.2. The van der Waals surface area contributed by atoms with Gasteiger partial charge in [-0.3, -0.25) is 14.3 Å². The maximum absolute atomic E-state index is 12.6. The minimum Gasteiger partial charge on any atom is -0.355 e. The maximum Gasteiger partial charge on any atom is 0.261 e. The number of carbonyl (C=O) groups is 2. The molecule has 0 saturated carbocycles. The summed E-state index contributed by atoms with van der Waals surface area (Å²) in [5.74, 6) is -0.250. The van der Waals surface area contributed by atoms with Crippen LogP contribution in [-0.2, 0) is 14.8 Å². The lowest BCUT2D eigenvalue weighted by molar-refractivity contribution is -0.117. The summed E-state index contributed by atoms with van der Waals surface area (Å²) >= 11 is 0. The molecule has 1 aliphatic heterocycles. The summed E-state index contributed by atoms with van der Waals surface area (Å²) in [5, 5.41) is 2.48. The number of amides is 2. The van der Waals surface area contributed by atoms with Crippen molar-refractivity contribution in [2.24, 2.45) is 0 Å². The Labute approximate surface area is 152 Å².